The first kappa shape index (κ1) is 11.2. The van der Waals surface area contributed by atoms with Gasteiger partial charge in [0.15, 0.2) is 0 Å². The summed E-state index contributed by atoms with van der Waals surface area (Å²) in [4.78, 5) is 2.80. The van der Waals surface area contributed by atoms with Gasteiger partial charge in [0.25, 0.3) is 0 Å². The molecule has 0 radical (unpaired) electrons. The normalized spacial score (nSPS) is 14.1. The number of fused-ring (bicyclic) bond motifs is 2. The number of rotatable bonds is 2. The van der Waals surface area contributed by atoms with Crippen molar-refractivity contribution in [1.82, 2.24) is 0 Å². The molecule has 1 nitrogen and oxygen atoms in total. The third kappa shape index (κ3) is 1.99. The molecule has 0 unspecified atom stereocenters. The Hall–Kier alpha value is -0.900. The number of aliphatic hydroxyl groups is 1. The zero-order chi connectivity index (χ0) is 11.7. The topological polar surface area (TPSA) is 20.2 Å². The van der Waals surface area contributed by atoms with Crippen molar-refractivity contribution < 1.29 is 5.11 Å². The van der Waals surface area contributed by atoms with Crippen molar-refractivity contribution in [2.75, 3.05) is 6.61 Å². The minimum absolute atomic E-state index is 0.227. The highest BCUT2D eigenvalue weighted by atomic mass is 32.1. The fourth-order valence-corrected chi connectivity index (χ4v) is 4.37. The first-order valence-corrected chi connectivity index (χ1v) is 7.60. The second-order valence-electron chi connectivity index (χ2n) is 4.18. The summed E-state index contributed by atoms with van der Waals surface area (Å²) in [6, 6.07) is 4.48. The number of aliphatic hydroxyl groups excluding tert-OH is 1. The van der Waals surface area contributed by atoms with E-state index in [9.17, 15) is 0 Å². The molecular weight excluding hydrogens is 248 g/mol. The van der Waals surface area contributed by atoms with Gasteiger partial charge in [0.1, 0.15) is 0 Å². The maximum absolute atomic E-state index is 9.03. The largest absolute Gasteiger partial charge is 0.396 e. The summed E-state index contributed by atoms with van der Waals surface area (Å²) in [7, 11) is 0. The van der Waals surface area contributed by atoms with E-state index in [2.05, 4.69) is 29.0 Å². The molecule has 0 bridgehead atoms. The third-order valence-electron chi connectivity index (χ3n) is 3.12. The maximum Gasteiger partial charge on any atom is 0.0465 e. The van der Waals surface area contributed by atoms with E-state index in [0.717, 1.165) is 19.3 Å². The zero-order valence-electron chi connectivity index (χ0n) is 9.48. The number of hydrogen-bond donors (Lipinski definition) is 1. The van der Waals surface area contributed by atoms with Gasteiger partial charge in [-0.25, -0.2) is 0 Å². The van der Waals surface area contributed by atoms with Crippen LogP contribution in [-0.4, -0.2) is 11.7 Å². The standard InChI is InChI=1S/C14H14OS2/c15-7-1-2-12-13-10(5-8-16-13)3-4-11-6-9-17-14(11)12/h2,5-6,8-9,15H,1,3-4,7H2. The lowest BCUT2D eigenvalue weighted by Crippen LogP contribution is -1.86. The van der Waals surface area contributed by atoms with Crippen LogP contribution in [0.1, 0.15) is 27.3 Å². The number of thiophene rings is 2. The highest BCUT2D eigenvalue weighted by Gasteiger charge is 2.19. The van der Waals surface area contributed by atoms with Crippen LogP contribution in [0.25, 0.3) is 5.57 Å². The molecule has 3 heteroatoms. The number of hydrogen-bond acceptors (Lipinski definition) is 3. The summed E-state index contributed by atoms with van der Waals surface area (Å²) in [5.41, 5.74) is 4.26. The maximum atomic E-state index is 9.03. The predicted octanol–water partition coefficient (Wildman–Crippen LogP) is 3.72. The molecule has 0 spiro atoms. The van der Waals surface area contributed by atoms with Gasteiger partial charge < -0.3 is 5.11 Å². The Labute approximate surface area is 109 Å². The molecule has 1 N–H and O–H groups in total. The summed E-state index contributed by atoms with van der Waals surface area (Å²) in [5, 5.41) is 13.4. The summed E-state index contributed by atoms with van der Waals surface area (Å²) in [6.07, 6.45) is 5.21. The van der Waals surface area contributed by atoms with E-state index < -0.39 is 0 Å². The molecule has 0 amide bonds. The Morgan fingerprint density at radius 3 is 2.18 bits per heavy atom. The summed E-state index contributed by atoms with van der Waals surface area (Å²) in [6.45, 7) is 0.227. The quantitative estimate of drug-likeness (QED) is 0.874. The van der Waals surface area contributed by atoms with Crippen LogP contribution in [0.4, 0.5) is 0 Å². The van der Waals surface area contributed by atoms with Crippen LogP contribution < -0.4 is 0 Å². The summed E-state index contributed by atoms with van der Waals surface area (Å²) < 4.78 is 0. The van der Waals surface area contributed by atoms with Crippen LogP contribution in [-0.2, 0) is 12.8 Å². The Bertz CT molecular complexity index is 504. The lowest BCUT2D eigenvalue weighted by atomic mass is 10.1. The van der Waals surface area contributed by atoms with Crippen molar-refractivity contribution in [1.29, 1.82) is 0 Å². The van der Waals surface area contributed by atoms with E-state index in [1.54, 1.807) is 0 Å². The molecule has 0 saturated heterocycles. The van der Waals surface area contributed by atoms with Gasteiger partial charge in [-0.3, -0.25) is 0 Å². The third-order valence-corrected chi connectivity index (χ3v) is 5.10. The molecule has 0 saturated carbocycles. The molecule has 2 aromatic heterocycles. The van der Waals surface area contributed by atoms with Gasteiger partial charge in [-0.1, -0.05) is 6.08 Å². The van der Waals surface area contributed by atoms with Crippen LogP contribution in [0, 0.1) is 0 Å². The van der Waals surface area contributed by atoms with E-state index in [4.69, 9.17) is 5.11 Å². The molecule has 2 heterocycles. The molecule has 0 fully saturated rings. The lowest BCUT2D eigenvalue weighted by Gasteiger charge is -2.04. The van der Waals surface area contributed by atoms with Crippen molar-refractivity contribution >= 4 is 28.2 Å². The Kier molecular flexibility index (Phi) is 3.14. The van der Waals surface area contributed by atoms with Crippen LogP contribution in [0.2, 0.25) is 0 Å². The van der Waals surface area contributed by atoms with Crippen LogP contribution in [0.15, 0.2) is 29.0 Å². The van der Waals surface area contributed by atoms with Crippen LogP contribution >= 0.6 is 22.7 Å². The first-order valence-electron chi connectivity index (χ1n) is 5.84. The molecule has 3 rings (SSSR count). The lowest BCUT2D eigenvalue weighted by molar-refractivity contribution is 0.303. The van der Waals surface area contributed by atoms with Gasteiger partial charge in [0.05, 0.1) is 0 Å². The van der Waals surface area contributed by atoms with Crippen molar-refractivity contribution in [3.8, 4) is 0 Å². The zero-order valence-corrected chi connectivity index (χ0v) is 11.1. The summed E-state index contributed by atoms with van der Waals surface area (Å²) in [5.74, 6) is 0. The monoisotopic (exact) mass is 262 g/mol. The van der Waals surface area contributed by atoms with E-state index in [-0.39, 0.29) is 6.61 Å². The van der Waals surface area contributed by atoms with Crippen molar-refractivity contribution in [3.05, 3.63) is 49.9 Å². The van der Waals surface area contributed by atoms with Gasteiger partial charge in [0, 0.05) is 21.9 Å². The molecule has 0 atom stereocenters. The molecule has 0 aromatic carbocycles. The smallest absolute Gasteiger partial charge is 0.0465 e. The average Bonchev–Trinajstić information content (AvgIpc) is 2.95. The van der Waals surface area contributed by atoms with E-state index in [0.29, 0.717) is 0 Å². The minimum Gasteiger partial charge on any atom is -0.396 e. The van der Waals surface area contributed by atoms with Gasteiger partial charge in [-0.15, -0.1) is 22.7 Å². The molecule has 1 aliphatic rings. The molecule has 0 aliphatic heterocycles. The van der Waals surface area contributed by atoms with E-state index >= 15 is 0 Å². The Morgan fingerprint density at radius 1 is 1.06 bits per heavy atom. The predicted molar refractivity (Wildman–Crippen MR) is 74.8 cm³/mol. The van der Waals surface area contributed by atoms with Gasteiger partial charge in [-0.2, -0.15) is 0 Å². The molecule has 17 heavy (non-hydrogen) atoms. The van der Waals surface area contributed by atoms with Gasteiger partial charge in [-0.05, 0) is 53.3 Å². The van der Waals surface area contributed by atoms with Gasteiger partial charge in [0.2, 0.25) is 0 Å². The highest BCUT2D eigenvalue weighted by Crippen LogP contribution is 2.39. The first-order chi connectivity index (χ1) is 8.40. The molecule has 1 aliphatic carbocycles. The van der Waals surface area contributed by atoms with Crippen molar-refractivity contribution in [3.63, 3.8) is 0 Å². The van der Waals surface area contributed by atoms with Crippen LogP contribution in [0.3, 0.4) is 0 Å². The number of aryl methyl sites for hydroxylation is 2. The molecule has 88 valence electrons. The van der Waals surface area contributed by atoms with Crippen molar-refractivity contribution in [2.45, 2.75) is 19.3 Å². The van der Waals surface area contributed by atoms with E-state index in [1.165, 1.54) is 26.5 Å². The Morgan fingerprint density at radius 2 is 1.65 bits per heavy atom. The molecule has 2 aromatic rings. The fourth-order valence-electron chi connectivity index (χ4n) is 2.30. The highest BCUT2D eigenvalue weighted by molar-refractivity contribution is 7.14. The van der Waals surface area contributed by atoms with Crippen LogP contribution in [0.5, 0.6) is 0 Å². The van der Waals surface area contributed by atoms with Gasteiger partial charge >= 0.3 is 0 Å². The minimum atomic E-state index is 0.227. The SMILES string of the molecule is OCCC=C1c2sccc2CCc2ccsc21. The second kappa shape index (κ2) is 4.77. The summed E-state index contributed by atoms with van der Waals surface area (Å²) >= 11 is 3.64. The van der Waals surface area contributed by atoms with Crippen molar-refractivity contribution in [2.24, 2.45) is 0 Å². The fraction of sp³-hybridized carbons (Fsp3) is 0.286. The Balaban J connectivity index is 2.14. The van der Waals surface area contributed by atoms with E-state index in [1.807, 2.05) is 22.7 Å². The molecular formula is C14H14OS2. The average molecular weight is 262 g/mol. The second-order valence-corrected chi connectivity index (χ2v) is 6.01.